The molecule has 6 heteroatoms. The number of carboxylic acids is 1. The molecule has 0 aromatic heterocycles. The summed E-state index contributed by atoms with van der Waals surface area (Å²) >= 11 is 0. The second kappa shape index (κ2) is 5.03. The van der Waals surface area contributed by atoms with Crippen molar-refractivity contribution in [3.63, 3.8) is 0 Å². The molecule has 6 nitrogen and oxygen atoms in total. The van der Waals surface area contributed by atoms with Gasteiger partial charge in [-0.3, -0.25) is 0 Å². The van der Waals surface area contributed by atoms with Gasteiger partial charge in [0.05, 0.1) is 11.6 Å². The Kier molecular flexibility index (Phi) is 3.57. The fraction of sp³-hybridized carbons (Fsp3) is 0.429. The zero-order chi connectivity index (χ0) is 14.9. The summed E-state index contributed by atoms with van der Waals surface area (Å²) in [5.74, 6) is -0.438. The van der Waals surface area contributed by atoms with Crippen molar-refractivity contribution in [3.8, 4) is 5.75 Å². The molecule has 108 valence electrons. The highest BCUT2D eigenvalue weighted by Crippen LogP contribution is 2.33. The van der Waals surface area contributed by atoms with E-state index < -0.39 is 23.7 Å². The minimum atomic E-state index is -1.02. The van der Waals surface area contributed by atoms with Crippen molar-refractivity contribution in [3.05, 3.63) is 29.3 Å². The van der Waals surface area contributed by atoms with Crippen molar-refractivity contribution < 1.29 is 24.2 Å². The van der Waals surface area contributed by atoms with Crippen LogP contribution >= 0.6 is 0 Å². The summed E-state index contributed by atoms with van der Waals surface area (Å²) in [5, 5.41) is 11.7. The van der Waals surface area contributed by atoms with Crippen molar-refractivity contribution in [2.75, 3.05) is 6.61 Å². The van der Waals surface area contributed by atoms with Crippen LogP contribution in [0, 0.1) is 0 Å². The molecular weight excluding hydrogens is 262 g/mol. The van der Waals surface area contributed by atoms with E-state index in [0.29, 0.717) is 11.3 Å². The Morgan fingerprint density at radius 3 is 2.70 bits per heavy atom. The summed E-state index contributed by atoms with van der Waals surface area (Å²) < 4.78 is 10.6. The van der Waals surface area contributed by atoms with Gasteiger partial charge in [-0.15, -0.1) is 0 Å². The van der Waals surface area contributed by atoms with Gasteiger partial charge in [-0.1, -0.05) is 0 Å². The van der Waals surface area contributed by atoms with Crippen LogP contribution in [0.4, 0.5) is 4.79 Å². The Labute approximate surface area is 116 Å². The van der Waals surface area contributed by atoms with Crippen molar-refractivity contribution in [1.29, 1.82) is 0 Å². The number of hydrogen-bond acceptors (Lipinski definition) is 4. The largest absolute Gasteiger partial charge is 0.491 e. The number of rotatable bonds is 2. The second-order valence-electron chi connectivity index (χ2n) is 5.57. The third kappa shape index (κ3) is 3.20. The fourth-order valence-electron chi connectivity index (χ4n) is 1.92. The van der Waals surface area contributed by atoms with Crippen LogP contribution in [0.1, 0.15) is 42.7 Å². The Hall–Kier alpha value is -2.24. The Balaban J connectivity index is 2.13. The molecule has 1 aromatic carbocycles. The van der Waals surface area contributed by atoms with E-state index in [9.17, 15) is 9.59 Å². The average Bonchev–Trinajstić information content (AvgIpc) is 2.69. The van der Waals surface area contributed by atoms with Gasteiger partial charge in [0, 0.05) is 5.56 Å². The molecule has 0 aliphatic carbocycles. The van der Waals surface area contributed by atoms with Crippen LogP contribution in [0.15, 0.2) is 18.2 Å². The smallest absolute Gasteiger partial charge is 0.408 e. The maximum Gasteiger partial charge on any atom is 0.408 e. The van der Waals surface area contributed by atoms with E-state index in [1.807, 2.05) is 0 Å². The van der Waals surface area contributed by atoms with Gasteiger partial charge in [-0.05, 0) is 39.0 Å². The SMILES string of the molecule is CC(C)(C)OC(=O)N[C@H]1COc2ccc(C(=O)O)cc21. The number of amides is 1. The molecule has 2 rings (SSSR count). The highest BCUT2D eigenvalue weighted by atomic mass is 16.6. The van der Waals surface area contributed by atoms with E-state index in [1.54, 1.807) is 26.8 Å². The van der Waals surface area contributed by atoms with Crippen LogP contribution in [0.5, 0.6) is 5.75 Å². The lowest BCUT2D eigenvalue weighted by Gasteiger charge is -2.21. The first-order chi connectivity index (χ1) is 9.26. The Bertz CT molecular complexity index is 547. The van der Waals surface area contributed by atoms with Crippen molar-refractivity contribution in [1.82, 2.24) is 5.32 Å². The molecule has 1 amide bonds. The molecule has 0 unspecified atom stereocenters. The lowest BCUT2D eigenvalue weighted by atomic mass is 10.1. The molecule has 20 heavy (non-hydrogen) atoms. The predicted molar refractivity (Wildman–Crippen MR) is 71.0 cm³/mol. The minimum absolute atomic E-state index is 0.158. The number of carbonyl (C=O) groups is 2. The van der Waals surface area contributed by atoms with Crippen LogP contribution in [-0.4, -0.2) is 29.4 Å². The van der Waals surface area contributed by atoms with Gasteiger partial charge in [0.25, 0.3) is 0 Å². The van der Waals surface area contributed by atoms with Crippen LogP contribution in [0.2, 0.25) is 0 Å². The quantitative estimate of drug-likeness (QED) is 0.868. The molecule has 1 aliphatic rings. The maximum absolute atomic E-state index is 11.7. The summed E-state index contributed by atoms with van der Waals surface area (Å²) in [4.78, 5) is 22.7. The number of carbonyl (C=O) groups excluding carboxylic acids is 1. The number of aromatic carboxylic acids is 1. The second-order valence-corrected chi connectivity index (χ2v) is 5.57. The van der Waals surface area contributed by atoms with E-state index in [0.717, 1.165) is 0 Å². The molecule has 0 saturated carbocycles. The first-order valence-corrected chi connectivity index (χ1v) is 6.26. The molecular formula is C14H17NO5. The lowest BCUT2D eigenvalue weighted by molar-refractivity contribution is 0.0496. The topological polar surface area (TPSA) is 84.9 Å². The first kappa shape index (κ1) is 14.2. The van der Waals surface area contributed by atoms with Crippen molar-refractivity contribution >= 4 is 12.1 Å². The first-order valence-electron chi connectivity index (χ1n) is 6.26. The molecule has 0 radical (unpaired) electrons. The molecule has 0 saturated heterocycles. The minimum Gasteiger partial charge on any atom is -0.491 e. The lowest BCUT2D eigenvalue weighted by Crippen LogP contribution is -2.35. The summed E-state index contributed by atoms with van der Waals surface area (Å²) in [5.41, 5.74) is 0.218. The van der Waals surface area contributed by atoms with Gasteiger partial charge < -0.3 is 19.9 Å². The molecule has 1 heterocycles. The van der Waals surface area contributed by atoms with Gasteiger partial charge in [0.2, 0.25) is 0 Å². The summed E-state index contributed by atoms with van der Waals surface area (Å²) in [6, 6.07) is 4.17. The van der Waals surface area contributed by atoms with E-state index in [-0.39, 0.29) is 12.2 Å². The van der Waals surface area contributed by atoms with E-state index in [1.165, 1.54) is 12.1 Å². The standard InChI is InChI=1S/C14H17NO5/c1-14(2,3)20-13(18)15-10-7-19-11-5-4-8(12(16)17)6-9(10)11/h4-6,10H,7H2,1-3H3,(H,15,18)(H,16,17)/t10-/m0/s1. The van der Waals surface area contributed by atoms with Crippen molar-refractivity contribution in [2.24, 2.45) is 0 Å². The highest BCUT2D eigenvalue weighted by molar-refractivity contribution is 5.88. The van der Waals surface area contributed by atoms with Crippen LogP contribution < -0.4 is 10.1 Å². The molecule has 1 atom stereocenters. The number of alkyl carbamates (subject to hydrolysis) is 1. The van der Waals surface area contributed by atoms with Crippen LogP contribution in [-0.2, 0) is 4.74 Å². The van der Waals surface area contributed by atoms with Gasteiger partial charge in [-0.25, -0.2) is 9.59 Å². The number of benzene rings is 1. The van der Waals surface area contributed by atoms with E-state index in [4.69, 9.17) is 14.6 Å². The van der Waals surface area contributed by atoms with Gasteiger partial charge >= 0.3 is 12.1 Å². The molecule has 0 fully saturated rings. The van der Waals surface area contributed by atoms with Gasteiger partial charge in [0.1, 0.15) is 18.0 Å². The zero-order valence-corrected chi connectivity index (χ0v) is 11.6. The molecule has 0 spiro atoms. The monoisotopic (exact) mass is 279 g/mol. The number of nitrogens with one attached hydrogen (secondary N) is 1. The molecule has 1 aliphatic heterocycles. The molecule has 0 bridgehead atoms. The average molecular weight is 279 g/mol. The molecule has 2 N–H and O–H groups in total. The summed E-state index contributed by atoms with van der Waals surface area (Å²) in [6.07, 6.45) is -0.556. The third-order valence-electron chi connectivity index (χ3n) is 2.73. The van der Waals surface area contributed by atoms with Crippen LogP contribution in [0.3, 0.4) is 0 Å². The Morgan fingerprint density at radius 1 is 1.40 bits per heavy atom. The number of hydrogen-bond donors (Lipinski definition) is 2. The fourth-order valence-corrected chi connectivity index (χ4v) is 1.92. The van der Waals surface area contributed by atoms with Crippen LogP contribution in [0.25, 0.3) is 0 Å². The van der Waals surface area contributed by atoms with Crippen molar-refractivity contribution in [2.45, 2.75) is 32.4 Å². The number of ether oxygens (including phenoxy) is 2. The highest BCUT2D eigenvalue weighted by Gasteiger charge is 2.28. The Morgan fingerprint density at radius 2 is 2.10 bits per heavy atom. The van der Waals surface area contributed by atoms with Gasteiger partial charge in [-0.2, -0.15) is 0 Å². The zero-order valence-electron chi connectivity index (χ0n) is 11.6. The van der Waals surface area contributed by atoms with E-state index in [2.05, 4.69) is 5.32 Å². The van der Waals surface area contributed by atoms with E-state index >= 15 is 0 Å². The predicted octanol–water partition coefficient (Wildman–Crippen LogP) is 2.34. The number of fused-ring (bicyclic) bond motifs is 1. The maximum atomic E-state index is 11.7. The summed E-state index contributed by atoms with van der Waals surface area (Å²) in [6.45, 7) is 5.58. The summed E-state index contributed by atoms with van der Waals surface area (Å²) in [7, 11) is 0. The number of carboxylic acid groups (broad SMARTS) is 1. The van der Waals surface area contributed by atoms with Gasteiger partial charge in [0.15, 0.2) is 0 Å². The molecule has 1 aromatic rings. The third-order valence-corrected chi connectivity index (χ3v) is 2.73. The normalized spacial score (nSPS) is 17.1.